The summed E-state index contributed by atoms with van der Waals surface area (Å²) in [5.74, 6) is 0.224. The zero-order valence-corrected chi connectivity index (χ0v) is 14.5. The van der Waals surface area contributed by atoms with Crippen molar-refractivity contribution in [1.82, 2.24) is 0 Å². The second kappa shape index (κ2) is 10.2. The van der Waals surface area contributed by atoms with Gasteiger partial charge in [-0.25, -0.2) is 0 Å². The first-order chi connectivity index (χ1) is 9.70. The molecule has 1 aromatic carbocycles. The maximum absolute atomic E-state index is 9.87. The van der Waals surface area contributed by atoms with E-state index in [9.17, 15) is 10.2 Å². The number of phenols is 2. The zero-order valence-electron chi connectivity index (χ0n) is 11.3. The summed E-state index contributed by atoms with van der Waals surface area (Å²) in [5, 5.41) is 21.3. The van der Waals surface area contributed by atoms with Crippen molar-refractivity contribution >= 4 is 31.9 Å². The Kier molecular flexibility index (Phi) is 8.85. The van der Waals surface area contributed by atoms with E-state index < -0.39 is 0 Å². The predicted octanol–water partition coefficient (Wildman–Crippen LogP) is 4.21. The molecule has 0 aromatic heterocycles. The summed E-state index contributed by atoms with van der Waals surface area (Å²) >= 11 is 6.71. The summed E-state index contributed by atoms with van der Waals surface area (Å²) in [7, 11) is 0. The molecule has 0 saturated heterocycles. The number of rotatable bonds is 10. The summed E-state index contributed by atoms with van der Waals surface area (Å²) in [4.78, 5) is 0. The van der Waals surface area contributed by atoms with E-state index in [1.54, 1.807) is 6.07 Å². The van der Waals surface area contributed by atoms with Crippen LogP contribution >= 0.6 is 31.9 Å². The molecule has 1 rings (SSSR count). The number of benzene rings is 1. The first-order valence-corrected chi connectivity index (χ1v) is 8.87. The summed E-state index contributed by atoms with van der Waals surface area (Å²) in [6.45, 7) is 1.02. The number of unbranched alkanes of at least 4 members (excludes halogenated alkanes) is 2. The minimum absolute atomic E-state index is 0.201. The minimum Gasteiger partial charge on any atom is -0.504 e. The molecule has 0 amide bonds. The molecule has 0 bridgehead atoms. The maximum Gasteiger partial charge on any atom is 0.207 e. The van der Waals surface area contributed by atoms with Gasteiger partial charge in [-0.3, -0.25) is 0 Å². The molecule has 0 saturated carbocycles. The van der Waals surface area contributed by atoms with Crippen LogP contribution in [0.25, 0.3) is 0 Å². The summed E-state index contributed by atoms with van der Waals surface area (Å²) in [6.07, 6.45) is 3.78. The maximum atomic E-state index is 9.87. The van der Waals surface area contributed by atoms with Crippen LogP contribution in [0.3, 0.4) is 0 Å². The van der Waals surface area contributed by atoms with Gasteiger partial charge in [0.2, 0.25) is 11.5 Å². The van der Waals surface area contributed by atoms with Crippen molar-refractivity contribution in [2.75, 3.05) is 23.9 Å². The second-order valence-corrected chi connectivity index (χ2v) is 5.84. The Labute approximate surface area is 136 Å². The second-order valence-electron chi connectivity index (χ2n) is 4.25. The first kappa shape index (κ1) is 17.4. The van der Waals surface area contributed by atoms with E-state index in [-0.39, 0.29) is 17.2 Å². The Morgan fingerprint density at radius 2 is 1.45 bits per heavy atom. The molecule has 0 fully saturated rings. The molecular weight excluding hydrogens is 392 g/mol. The lowest BCUT2D eigenvalue weighted by atomic mass is 10.2. The van der Waals surface area contributed by atoms with Crippen molar-refractivity contribution in [3.63, 3.8) is 0 Å². The molecule has 0 heterocycles. The highest BCUT2D eigenvalue weighted by Crippen LogP contribution is 2.42. The standard InChI is InChI=1S/C14H20Br2O4/c15-7-1-3-9-19-12-6-5-11(17)13(18)14(12)20-10-4-2-8-16/h5-6,17-18H,1-4,7-10H2. The number of aromatic hydroxyl groups is 2. The van der Waals surface area contributed by atoms with E-state index in [1.165, 1.54) is 6.07 Å². The van der Waals surface area contributed by atoms with Crippen molar-refractivity contribution in [3.8, 4) is 23.0 Å². The fourth-order valence-corrected chi connectivity index (χ4v) is 2.34. The number of hydrogen-bond donors (Lipinski definition) is 2. The summed E-state index contributed by atoms with van der Waals surface area (Å²) in [5.41, 5.74) is 0. The average molecular weight is 412 g/mol. The Hall–Kier alpha value is -0.620. The SMILES string of the molecule is Oc1ccc(OCCCCBr)c(OCCCCBr)c1O. The molecule has 0 unspecified atom stereocenters. The van der Waals surface area contributed by atoms with Crippen molar-refractivity contribution in [2.45, 2.75) is 25.7 Å². The van der Waals surface area contributed by atoms with Gasteiger partial charge in [0.25, 0.3) is 0 Å². The lowest BCUT2D eigenvalue weighted by Crippen LogP contribution is -2.03. The summed E-state index contributed by atoms with van der Waals surface area (Å²) in [6, 6.07) is 3.02. The van der Waals surface area contributed by atoms with Crippen LogP contribution in [-0.2, 0) is 0 Å². The van der Waals surface area contributed by atoms with E-state index in [0.29, 0.717) is 19.0 Å². The molecule has 4 nitrogen and oxygen atoms in total. The minimum atomic E-state index is -0.262. The van der Waals surface area contributed by atoms with Gasteiger partial charge in [-0.1, -0.05) is 31.9 Å². The third-order valence-corrected chi connectivity index (χ3v) is 3.76. The van der Waals surface area contributed by atoms with Crippen LogP contribution in [0.4, 0.5) is 0 Å². The van der Waals surface area contributed by atoms with E-state index in [0.717, 1.165) is 36.3 Å². The van der Waals surface area contributed by atoms with Crippen LogP contribution in [0.2, 0.25) is 0 Å². The van der Waals surface area contributed by atoms with Crippen molar-refractivity contribution in [3.05, 3.63) is 12.1 Å². The van der Waals surface area contributed by atoms with Gasteiger partial charge >= 0.3 is 0 Å². The molecule has 20 heavy (non-hydrogen) atoms. The van der Waals surface area contributed by atoms with Gasteiger partial charge in [-0.05, 0) is 37.8 Å². The van der Waals surface area contributed by atoms with Crippen molar-refractivity contribution in [2.24, 2.45) is 0 Å². The lowest BCUT2D eigenvalue weighted by molar-refractivity contribution is 0.249. The molecule has 0 aliphatic heterocycles. The molecular formula is C14H20Br2O4. The molecule has 0 radical (unpaired) electrons. The first-order valence-electron chi connectivity index (χ1n) is 6.63. The van der Waals surface area contributed by atoms with Gasteiger partial charge < -0.3 is 19.7 Å². The Balaban J connectivity index is 2.64. The van der Waals surface area contributed by atoms with Crippen LogP contribution in [0.5, 0.6) is 23.0 Å². The summed E-state index contributed by atoms with van der Waals surface area (Å²) < 4.78 is 11.1. The van der Waals surface area contributed by atoms with E-state index in [1.807, 2.05) is 0 Å². The number of hydrogen-bond acceptors (Lipinski definition) is 4. The fraction of sp³-hybridized carbons (Fsp3) is 0.571. The monoisotopic (exact) mass is 410 g/mol. The van der Waals surface area contributed by atoms with Crippen molar-refractivity contribution in [1.29, 1.82) is 0 Å². The number of phenolic OH excluding ortho intramolecular Hbond substituents is 2. The van der Waals surface area contributed by atoms with Gasteiger partial charge in [0.15, 0.2) is 11.5 Å². The van der Waals surface area contributed by atoms with Crippen LogP contribution in [0, 0.1) is 0 Å². The molecule has 114 valence electrons. The average Bonchev–Trinajstić information content (AvgIpc) is 2.45. The molecule has 0 aliphatic rings. The van der Waals surface area contributed by atoms with Crippen molar-refractivity contribution < 1.29 is 19.7 Å². The molecule has 0 atom stereocenters. The highest BCUT2D eigenvalue weighted by molar-refractivity contribution is 9.09. The molecule has 2 N–H and O–H groups in total. The van der Waals surface area contributed by atoms with E-state index >= 15 is 0 Å². The molecule has 6 heteroatoms. The topological polar surface area (TPSA) is 58.9 Å². The normalized spacial score (nSPS) is 10.5. The van der Waals surface area contributed by atoms with Gasteiger partial charge in [-0.15, -0.1) is 0 Å². The number of halogens is 2. The van der Waals surface area contributed by atoms with Crippen LogP contribution in [0.1, 0.15) is 25.7 Å². The van der Waals surface area contributed by atoms with Crippen LogP contribution in [0.15, 0.2) is 12.1 Å². The van der Waals surface area contributed by atoms with Gasteiger partial charge in [0.05, 0.1) is 13.2 Å². The van der Waals surface area contributed by atoms with Gasteiger partial charge in [0.1, 0.15) is 0 Å². The molecule has 0 spiro atoms. The van der Waals surface area contributed by atoms with Gasteiger partial charge in [0, 0.05) is 10.7 Å². The number of ether oxygens (including phenoxy) is 2. The van der Waals surface area contributed by atoms with Crippen LogP contribution < -0.4 is 9.47 Å². The lowest BCUT2D eigenvalue weighted by Gasteiger charge is -2.14. The highest BCUT2D eigenvalue weighted by atomic mass is 79.9. The molecule has 1 aromatic rings. The molecule has 0 aliphatic carbocycles. The Morgan fingerprint density at radius 3 is 2.05 bits per heavy atom. The third kappa shape index (κ3) is 5.79. The fourth-order valence-electron chi connectivity index (χ4n) is 1.54. The quantitative estimate of drug-likeness (QED) is 0.344. The van der Waals surface area contributed by atoms with E-state index in [2.05, 4.69) is 31.9 Å². The van der Waals surface area contributed by atoms with Gasteiger partial charge in [-0.2, -0.15) is 0 Å². The Bertz CT molecular complexity index is 399. The highest BCUT2D eigenvalue weighted by Gasteiger charge is 2.15. The van der Waals surface area contributed by atoms with Crippen LogP contribution in [-0.4, -0.2) is 34.1 Å². The predicted molar refractivity (Wildman–Crippen MR) is 86.8 cm³/mol. The zero-order chi connectivity index (χ0) is 14.8. The largest absolute Gasteiger partial charge is 0.504 e. The number of alkyl halides is 2. The smallest absolute Gasteiger partial charge is 0.207 e. The Morgan fingerprint density at radius 1 is 0.850 bits per heavy atom. The third-order valence-electron chi connectivity index (χ3n) is 2.63. The van der Waals surface area contributed by atoms with E-state index in [4.69, 9.17) is 9.47 Å².